The Morgan fingerprint density at radius 1 is 1.06 bits per heavy atom. The van der Waals surface area contributed by atoms with Gasteiger partial charge in [-0.3, -0.25) is 0 Å². The fourth-order valence-corrected chi connectivity index (χ4v) is 2.09. The molecule has 2 nitrogen and oxygen atoms in total. The molecule has 2 aromatic rings. The number of aryl methyl sites for hydroxylation is 1. The zero-order chi connectivity index (χ0) is 12.1. The summed E-state index contributed by atoms with van der Waals surface area (Å²) in [5, 5.41) is 3.37. The molecule has 0 aliphatic heterocycles. The predicted octanol–water partition coefficient (Wildman–Crippen LogP) is 3.89. The van der Waals surface area contributed by atoms with Crippen LogP contribution in [0, 0.1) is 0 Å². The van der Waals surface area contributed by atoms with Crippen LogP contribution >= 0.6 is 15.9 Å². The van der Waals surface area contributed by atoms with Gasteiger partial charge < -0.3 is 9.73 Å². The van der Waals surface area contributed by atoms with Crippen molar-refractivity contribution in [1.29, 1.82) is 0 Å². The largest absolute Gasteiger partial charge is 0.465 e. The van der Waals surface area contributed by atoms with Gasteiger partial charge in [0.1, 0.15) is 11.5 Å². The molecule has 1 heterocycles. The third kappa shape index (κ3) is 3.45. The summed E-state index contributed by atoms with van der Waals surface area (Å²) in [4.78, 5) is 0. The first kappa shape index (κ1) is 12.4. The summed E-state index contributed by atoms with van der Waals surface area (Å²) >= 11 is 3.53. The zero-order valence-electron chi connectivity index (χ0n) is 9.87. The molecule has 0 aliphatic rings. The third-order valence-corrected chi connectivity index (χ3v) is 3.41. The average molecular weight is 294 g/mol. The number of furan rings is 1. The molecule has 3 heteroatoms. The van der Waals surface area contributed by atoms with Gasteiger partial charge in [-0.1, -0.05) is 41.1 Å². The Labute approximate surface area is 110 Å². The number of halogens is 1. The minimum Gasteiger partial charge on any atom is -0.465 e. The highest BCUT2D eigenvalue weighted by molar-refractivity contribution is 9.10. The molecule has 0 saturated heterocycles. The van der Waals surface area contributed by atoms with Gasteiger partial charge in [-0.05, 0) is 23.8 Å². The smallest absolute Gasteiger partial charge is 0.117 e. The van der Waals surface area contributed by atoms with E-state index in [-0.39, 0.29) is 0 Å². The van der Waals surface area contributed by atoms with Gasteiger partial charge in [0.2, 0.25) is 0 Å². The highest BCUT2D eigenvalue weighted by Gasteiger charge is 2.01. The molecule has 0 spiro atoms. The van der Waals surface area contributed by atoms with Crippen LogP contribution in [-0.4, -0.2) is 0 Å². The molecule has 1 aromatic carbocycles. The first-order valence-electron chi connectivity index (χ1n) is 5.81. The van der Waals surface area contributed by atoms with E-state index in [4.69, 9.17) is 4.42 Å². The van der Waals surface area contributed by atoms with Crippen LogP contribution in [0.1, 0.15) is 24.0 Å². The molecule has 17 heavy (non-hydrogen) atoms. The maximum atomic E-state index is 5.63. The van der Waals surface area contributed by atoms with Crippen molar-refractivity contribution in [3.05, 3.63) is 58.0 Å². The van der Waals surface area contributed by atoms with Crippen molar-refractivity contribution in [2.75, 3.05) is 0 Å². The Kier molecular flexibility index (Phi) is 4.40. The van der Waals surface area contributed by atoms with Crippen molar-refractivity contribution in [1.82, 2.24) is 5.32 Å². The lowest BCUT2D eigenvalue weighted by Crippen LogP contribution is -2.12. The van der Waals surface area contributed by atoms with E-state index in [0.717, 1.165) is 35.5 Å². The van der Waals surface area contributed by atoms with Gasteiger partial charge in [0.25, 0.3) is 0 Å². The summed E-state index contributed by atoms with van der Waals surface area (Å²) in [5.41, 5.74) is 1.26. The fourth-order valence-electron chi connectivity index (χ4n) is 1.67. The van der Waals surface area contributed by atoms with Gasteiger partial charge in [-0.2, -0.15) is 0 Å². The topological polar surface area (TPSA) is 25.2 Å². The van der Waals surface area contributed by atoms with Crippen molar-refractivity contribution in [2.24, 2.45) is 0 Å². The lowest BCUT2D eigenvalue weighted by Gasteiger charge is -2.05. The Hall–Kier alpha value is -1.06. The van der Waals surface area contributed by atoms with Crippen molar-refractivity contribution in [3.8, 4) is 0 Å². The maximum absolute atomic E-state index is 5.63. The molecule has 0 bridgehead atoms. The van der Waals surface area contributed by atoms with Crippen LogP contribution in [0.2, 0.25) is 0 Å². The van der Waals surface area contributed by atoms with E-state index in [9.17, 15) is 0 Å². The van der Waals surface area contributed by atoms with Crippen molar-refractivity contribution < 1.29 is 4.42 Å². The predicted molar refractivity (Wildman–Crippen MR) is 72.8 cm³/mol. The van der Waals surface area contributed by atoms with E-state index in [1.54, 1.807) is 0 Å². The second-order valence-electron chi connectivity index (χ2n) is 3.92. The number of rotatable bonds is 5. The van der Waals surface area contributed by atoms with E-state index in [1.165, 1.54) is 5.56 Å². The Morgan fingerprint density at radius 2 is 1.82 bits per heavy atom. The molecule has 1 aromatic heterocycles. The van der Waals surface area contributed by atoms with Crippen LogP contribution in [0.15, 0.2) is 45.3 Å². The summed E-state index contributed by atoms with van der Waals surface area (Å²) < 4.78 is 6.77. The normalized spacial score (nSPS) is 10.7. The average Bonchev–Trinajstić information content (AvgIpc) is 2.80. The lowest BCUT2D eigenvalue weighted by molar-refractivity contribution is 0.450. The quantitative estimate of drug-likeness (QED) is 0.905. The van der Waals surface area contributed by atoms with Crippen molar-refractivity contribution in [3.63, 3.8) is 0 Å². The molecule has 0 amide bonds. The molecule has 1 N–H and O–H groups in total. The maximum Gasteiger partial charge on any atom is 0.117 e. The fraction of sp³-hybridized carbons (Fsp3) is 0.286. The van der Waals surface area contributed by atoms with Crippen molar-refractivity contribution in [2.45, 2.75) is 26.4 Å². The lowest BCUT2D eigenvalue weighted by atomic mass is 10.2. The minimum absolute atomic E-state index is 0.765. The summed E-state index contributed by atoms with van der Waals surface area (Å²) in [5.74, 6) is 2.04. The molecule has 0 aliphatic carbocycles. The van der Waals surface area contributed by atoms with Gasteiger partial charge in [0, 0.05) is 17.4 Å². The second kappa shape index (κ2) is 6.03. The molecule has 0 unspecified atom stereocenters. The highest BCUT2D eigenvalue weighted by atomic mass is 79.9. The molecular weight excluding hydrogens is 278 g/mol. The minimum atomic E-state index is 0.765. The van der Waals surface area contributed by atoms with Crippen LogP contribution in [0.3, 0.4) is 0 Å². The molecular formula is C14H16BrNO. The Morgan fingerprint density at radius 3 is 2.53 bits per heavy atom. The second-order valence-corrected chi connectivity index (χ2v) is 4.77. The summed E-state index contributed by atoms with van der Waals surface area (Å²) in [6.45, 7) is 3.70. The Balaban J connectivity index is 1.85. The van der Waals surface area contributed by atoms with E-state index in [2.05, 4.69) is 40.3 Å². The van der Waals surface area contributed by atoms with Crippen molar-refractivity contribution >= 4 is 15.9 Å². The summed E-state index contributed by atoms with van der Waals surface area (Å²) in [6, 6.07) is 12.3. The van der Waals surface area contributed by atoms with Gasteiger partial charge in [-0.15, -0.1) is 0 Å². The standard InChI is InChI=1S/C14H16BrNO/c1-2-12-7-8-13(17-12)10-16-9-11-5-3-4-6-14(11)15/h3-8,16H,2,9-10H2,1H3. The van der Waals surface area contributed by atoms with Gasteiger partial charge in [-0.25, -0.2) is 0 Å². The van der Waals surface area contributed by atoms with Crippen LogP contribution in [0.25, 0.3) is 0 Å². The van der Waals surface area contributed by atoms with E-state index in [0.29, 0.717) is 0 Å². The van der Waals surface area contributed by atoms with E-state index >= 15 is 0 Å². The first-order valence-corrected chi connectivity index (χ1v) is 6.60. The molecule has 0 saturated carbocycles. The SMILES string of the molecule is CCc1ccc(CNCc2ccccc2Br)o1. The van der Waals surface area contributed by atoms with Gasteiger partial charge in [0.15, 0.2) is 0 Å². The molecule has 0 radical (unpaired) electrons. The summed E-state index contributed by atoms with van der Waals surface area (Å²) in [7, 11) is 0. The Bertz CT molecular complexity index is 479. The highest BCUT2D eigenvalue weighted by Crippen LogP contribution is 2.15. The number of benzene rings is 1. The first-order chi connectivity index (χ1) is 8.29. The summed E-state index contributed by atoms with van der Waals surface area (Å²) in [6.07, 6.45) is 0.949. The number of nitrogens with one attached hydrogen (secondary N) is 1. The number of hydrogen-bond acceptors (Lipinski definition) is 2. The third-order valence-electron chi connectivity index (χ3n) is 2.64. The molecule has 2 rings (SSSR count). The van der Waals surface area contributed by atoms with Crippen LogP contribution in [0.5, 0.6) is 0 Å². The van der Waals surface area contributed by atoms with Crippen LogP contribution < -0.4 is 5.32 Å². The number of hydrogen-bond donors (Lipinski definition) is 1. The molecule has 0 atom stereocenters. The molecule has 0 fully saturated rings. The van der Waals surface area contributed by atoms with E-state index < -0.39 is 0 Å². The monoisotopic (exact) mass is 293 g/mol. The van der Waals surface area contributed by atoms with Gasteiger partial charge >= 0.3 is 0 Å². The van der Waals surface area contributed by atoms with Crippen LogP contribution in [0.4, 0.5) is 0 Å². The van der Waals surface area contributed by atoms with Crippen LogP contribution in [-0.2, 0) is 19.5 Å². The zero-order valence-corrected chi connectivity index (χ0v) is 11.5. The van der Waals surface area contributed by atoms with E-state index in [1.807, 2.05) is 24.3 Å². The van der Waals surface area contributed by atoms with Gasteiger partial charge in [0.05, 0.1) is 6.54 Å². The molecule has 90 valence electrons.